The average Bonchev–Trinajstić information content (AvgIpc) is 2.12. The van der Waals surface area contributed by atoms with Crippen LogP contribution in [-0.2, 0) is 4.79 Å². The molecule has 0 atom stereocenters. The summed E-state index contributed by atoms with van der Waals surface area (Å²) in [6.45, 7) is 8.93. The van der Waals surface area contributed by atoms with Crippen molar-refractivity contribution in [2.24, 2.45) is 5.92 Å². The summed E-state index contributed by atoms with van der Waals surface area (Å²) in [6.07, 6.45) is 5.04. The van der Waals surface area contributed by atoms with Crippen LogP contribution in [0.2, 0.25) is 0 Å². The second-order valence-electron chi connectivity index (χ2n) is 3.70. The Morgan fingerprint density at radius 3 is 2.64 bits per heavy atom. The van der Waals surface area contributed by atoms with Crippen LogP contribution < -0.4 is 5.32 Å². The van der Waals surface area contributed by atoms with Gasteiger partial charge in [0.2, 0.25) is 5.91 Å². The van der Waals surface area contributed by atoms with E-state index >= 15 is 0 Å². The number of likely N-dealkylation sites (N-methyl/N-ethyl adjacent to an activating group) is 1. The predicted octanol–water partition coefficient (Wildman–Crippen LogP) is 0.714. The van der Waals surface area contributed by atoms with Crippen molar-refractivity contribution in [3.8, 4) is 12.3 Å². The third-order valence-electron chi connectivity index (χ3n) is 1.83. The van der Waals surface area contributed by atoms with Crippen molar-refractivity contribution in [3.05, 3.63) is 0 Å². The molecule has 80 valence electrons. The van der Waals surface area contributed by atoms with Crippen LogP contribution in [0.5, 0.6) is 0 Å². The molecule has 14 heavy (non-hydrogen) atoms. The molecule has 0 aromatic rings. The molecule has 0 aliphatic carbocycles. The second kappa shape index (κ2) is 7.40. The Labute approximate surface area is 86.9 Å². The molecular weight excluding hydrogens is 176 g/mol. The summed E-state index contributed by atoms with van der Waals surface area (Å²) < 4.78 is 0. The van der Waals surface area contributed by atoms with Gasteiger partial charge in [0, 0.05) is 6.54 Å². The quantitative estimate of drug-likeness (QED) is 0.635. The first-order chi connectivity index (χ1) is 6.60. The zero-order chi connectivity index (χ0) is 11.0. The zero-order valence-corrected chi connectivity index (χ0v) is 9.34. The third-order valence-corrected chi connectivity index (χ3v) is 1.83. The zero-order valence-electron chi connectivity index (χ0n) is 9.34. The maximum absolute atomic E-state index is 11.3. The fraction of sp³-hybridized carbons (Fsp3) is 0.727. The minimum atomic E-state index is 0.00505. The lowest BCUT2D eigenvalue weighted by Crippen LogP contribution is -2.38. The van der Waals surface area contributed by atoms with E-state index < -0.39 is 0 Å². The number of amides is 1. The van der Waals surface area contributed by atoms with Gasteiger partial charge in [0.05, 0.1) is 13.1 Å². The Morgan fingerprint density at radius 1 is 1.57 bits per heavy atom. The Hall–Kier alpha value is -1.01. The van der Waals surface area contributed by atoms with Crippen molar-refractivity contribution in [1.82, 2.24) is 10.2 Å². The maximum atomic E-state index is 11.3. The summed E-state index contributed by atoms with van der Waals surface area (Å²) in [5, 5.41) is 2.65. The number of rotatable bonds is 6. The minimum absolute atomic E-state index is 0.00505. The van der Waals surface area contributed by atoms with E-state index in [0.717, 1.165) is 13.1 Å². The molecule has 3 heteroatoms. The van der Waals surface area contributed by atoms with Crippen molar-refractivity contribution in [2.45, 2.75) is 20.8 Å². The van der Waals surface area contributed by atoms with Crippen LogP contribution >= 0.6 is 0 Å². The molecule has 0 fully saturated rings. The summed E-state index contributed by atoms with van der Waals surface area (Å²) in [5.74, 6) is 2.96. The van der Waals surface area contributed by atoms with Crippen molar-refractivity contribution >= 4 is 5.91 Å². The predicted molar refractivity (Wildman–Crippen MR) is 58.8 cm³/mol. The number of nitrogens with one attached hydrogen (secondary N) is 1. The highest BCUT2D eigenvalue weighted by atomic mass is 16.2. The van der Waals surface area contributed by atoms with E-state index in [1.54, 1.807) is 0 Å². The maximum Gasteiger partial charge on any atom is 0.234 e. The molecule has 0 heterocycles. The molecule has 0 rings (SSSR count). The molecule has 0 aromatic carbocycles. The normalized spacial score (nSPS) is 10.3. The van der Waals surface area contributed by atoms with Gasteiger partial charge in [-0.1, -0.05) is 26.7 Å². The molecule has 0 radical (unpaired) electrons. The number of terminal acetylenes is 1. The van der Waals surface area contributed by atoms with E-state index in [9.17, 15) is 4.79 Å². The first-order valence-electron chi connectivity index (χ1n) is 5.02. The highest BCUT2D eigenvalue weighted by Crippen LogP contribution is 1.97. The van der Waals surface area contributed by atoms with Gasteiger partial charge < -0.3 is 5.32 Å². The van der Waals surface area contributed by atoms with E-state index in [4.69, 9.17) is 6.42 Å². The van der Waals surface area contributed by atoms with Crippen LogP contribution in [0.4, 0.5) is 0 Å². The molecule has 0 aliphatic heterocycles. The molecule has 0 spiro atoms. The lowest BCUT2D eigenvalue weighted by Gasteiger charge is -2.21. The molecule has 0 saturated carbocycles. The Kier molecular flexibility index (Phi) is 6.87. The van der Waals surface area contributed by atoms with E-state index in [2.05, 4.69) is 36.9 Å². The van der Waals surface area contributed by atoms with Crippen LogP contribution in [0.3, 0.4) is 0 Å². The molecule has 0 aromatic heterocycles. The van der Waals surface area contributed by atoms with Gasteiger partial charge in [-0.25, -0.2) is 0 Å². The summed E-state index contributed by atoms with van der Waals surface area (Å²) in [6, 6.07) is 0. The standard InChI is InChI=1S/C11H20N2O/c1-5-7-12-11(14)9-13(6-2)8-10(3)4/h1,10H,6-9H2,2-4H3,(H,12,14). The van der Waals surface area contributed by atoms with Crippen molar-refractivity contribution in [2.75, 3.05) is 26.2 Å². The van der Waals surface area contributed by atoms with Crippen molar-refractivity contribution < 1.29 is 4.79 Å². The highest BCUT2D eigenvalue weighted by Gasteiger charge is 2.09. The van der Waals surface area contributed by atoms with E-state index in [-0.39, 0.29) is 5.91 Å². The van der Waals surface area contributed by atoms with Gasteiger partial charge >= 0.3 is 0 Å². The van der Waals surface area contributed by atoms with E-state index in [1.165, 1.54) is 0 Å². The SMILES string of the molecule is C#CCNC(=O)CN(CC)CC(C)C. The minimum Gasteiger partial charge on any atom is -0.344 e. The lowest BCUT2D eigenvalue weighted by molar-refractivity contribution is -0.122. The van der Waals surface area contributed by atoms with Crippen molar-refractivity contribution in [3.63, 3.8) is 0 Å². The topological polar surface area (TPSA) is 32.3 Å². The summed E-state index contributed by atoms with van der Waals surface area (Å²) in [5.41, 5.74) is 0. The Morgan fingerprint density at radius 2 is 2.21 bits per heavy atom. The molecule has 0 saturated heterocycles. The molecule has 1 N–H and O–H groups in total. The lowest BCUT2D eigenvalue weighted by atomic mass is 10.2. The molecule has 0 bridgehead atoms. The Balaban J connectivity index is 3.81. The number of carbonyl (C=O) groups is 1. The molecule has 0 unspecified atom stereocenters. The van der Waals surface area contributed by atoms with Crippen LogP contribution in [-0.4, -0.2) is 37.0 Å². The van der Waals surface area contributed by atoms with Gasteiger partial charge in [-0.15, -0.1) is 6.42 Å². The fourth-order valence-corrected chi connectivity index (χ4v) is 1.23. The fourth-order valence-electron chi connectivity index (χ4n) is 1.23. The first kappa shape index (κ1) is 13.0. The van der Waals surface area contributed by atoms with E-state index in [1.807, 2.05) is 0 Å². The first-order valence-corrected chi connectivity index (χ1v) is 5.02. The number of hydrogen-bond acceptors (Lipinski definition) is 2. The largest absolute Gasteiger partial charge is 0.344 e. The van der Waals surface area contributed by atoms with Gasteiger partial charge in [0.15, 0.2) is 0 Å². The van der Waals surface area contributed by atoms with Gasteiger partial charge in [-0.3, -0.25) is 9.69 Å². The van der Waals surface area contributed by atoms with Gasteiger partial charge in [0.25, 0.3) is 0 Å². The number of hydrogen-bond donors (Lipinski definition) is 1. The number of nitrogens with zero attached hydrogens (tertiary/aromatic N) is 1. The monoisotopic (exact) mass is 196 g/mol. The van der Waals surface area contributed by atoms with Crippen LogP contribution in [0.1, 0.15) is 20.8 Å². The Bertz CT molecular complexity index is 206. The average molecular weight is 196 g/mol. The molecular formula is C11H20N2O. The van der Waals surface area contributed by atoms with Crippen LogP contribution in [0.25, 0.3) is 0 Å². The van der Waals surface area contributed by atoms with Crippen LogP contribution in [0, 0.1) is 18.3 Å². The smallest absolute Gasteiger partial charge is 0.234 e. The highest BCUT2D eigenvalue weighted by molar-refractivity contribution is 5.78. The molecule has 0 aliphatic rings. The van der Waals surface area contributed by atoms with Gasteiger partial charge in [0.1, 0.15) is 0 Å². The summed E-state index contributed by atoms with van der Waals surface area (Å²) in [4.78, 5) is 13.4. The van der Waals surface area contributed by atoms with Gasteiger partial charge in [-0.05, 0) is 12.5 Å². The molecule has 1 amide bonds. The van der Waals surface area contributed by atoms with Crippen LogP contribution in [0.15, 0.2) is 0 Å². The van der Waals surface area contributed by atoms with Crippen molar-refractivity contribution in [1.29, 1.82) is 0 Å². The summed E-state index contributed by atoms with van der Waals surface area (Å²) >= 11 is 0. The number of carbonyl (C=O) groups excluding carboxylic acids is 1. The van der Waals surface area contributed by atoms with Gasteiger partial charge in [-0.2, -0.15) is 0 Å². The van der Waals surface area contributed by atoms with E-state index in [0.29, 0.717) is 19.0 Å². The molecule has 3 nitrogen and oxygen atoms in total. The summed E-state index contributed by atoms with van der Waals surface area (Å²) in [7, 11) is 0. The third kappa shape index (κ3) is 6.50. The second-order valence-corrected chi connectivity index (χ2v) is 3.70.